The summed E-state index contributed by atoms with van der Waals surface area (Å²) in [5, 5.41) is 2.83. The van der Waals surface area contributed by atoms with Gasteiger partial charge in [-0.1, -0.05) is 59.3 Å². The molecule has 0 spiro atoms. The number of hydrogen-bond donors (Lipinski definition) is 1. The summed E-state index contributed by atoms with van der Waals surface area (Å²) in [5.74, 6) is -0.737. The van der Waals surface area contributed by atoms with E-state index < -0.39 is 16.7 Å². The van der Waals surface area contributed by atoms with E-state index in [1.54, 1.807) is 30.3 Å². The lowest BCUT2D eigenvalue weighted by Gasteiger charge is -2.44. The van der Waals surface area contributed by atoms with Crippen molar-refractivity contribution in [2.45, 2.75) is 18.0 Å². The fraction of sp³-hybridized carbons (Fsp3) is 0.211. The summed E-state index contributed by atoms with van der Waals surface area (Å²) in [6.45, 7) is 0.200. The van der Waals surface area contributed by atoms with Crippen LogP contribution < -0.4 is 5.32 Å². The molecule has 1 fully saturated rings. The van der Waals surface area contributed by atoms with E-state index in [1.807, 2.05) is 30.3 Å². The van der Waals surface area contributed by atoms with Gasteiger partial charge in [-0.25, -0.2) is 9.86 Å². The van der Waals surface area contributed by atoms with Crippen molar-refractivity contribution >= 4 is 38.7 Å². The molecule has 0 aliphatic carbocycles. The molecule has 1 saturated heterocycles. The smallest absolute Gasteiger partial charge is 0.377 e. The molecular weight excluding hydrogens is 400 g/mol. The molecule has 1 heterocycles. The summed E-state index contributed by atoms with van der Waals surface area (Å²) in [6, 6.07) is 17.2. The van der Waals surface area contributed by atoms with E-state index in [2.05, 4.69) is 10.1 Å². The highest BCUT2D eigenvalue weighted by Crippen LogP contribution is 2.39. The minimum atomic E-state index is -0.800. The van der Waals surface area contributed by atoms with Gasteiger partial charge in [0.25, 0.3) is 11.8 Å². The van der Waals surface area contributed by atoms with E-state index in [1.165, 1.54) is 12.2 Å². The molecule has 1 aliphatic rings. The van der Waals surface area contributed by atoms with Crippen LogP contribution in [-0.2, 0) is 21.0 Å². The Labute approximate surface area is 170 Å². The summed E-state index contributed by atoms with van der Waals surface area (Å²) in [5.41, 5.74) is 1.35. The number of hydroxylamine groups is 2. The van der Waals surface area contributed by atoms with Gasteiger partial charge in [0, 0.05) is 16.4 Å². The summed E-state index contributed by atoms with van der Waals surface area (Å²) >= 11 is 0. The second-order valence-electron chi connectivity index (χ2n) is 5.76. The molecule has 2 atom stereocenters. The molecule has 1 aliphatic heterocycles. The Kier molecular flexibility index (Phi) is 6.96. The summed E-state index contributed by atoms with van der Waals surface area (Å²) in [4.78, 5) is 42.0. The number of nitrogens with zero attached hydrogens (tertiary/aromatic N) is 1. The normalized spacial score (nSPS) is 18.3. The van der Waals surface area contributed by atoms with Crippen LogP contribution in [0.2, 0.25) is 0 Å². The average molecular weight is 418 g/mol. The lowest BCUT2D eigenvalue weighted by molar-refractivity contribution is -0.224. The van der Waals surface area contributed by atoms with Gasteiger partial charge in [0.2, 0.25) is 0 Å². The number of nitrogens with one attached hydrogen (secondary N) is 1. The number of ether oxygens (including phenoxy) is 1. The maximum absolute atomic E-state index is 12.5. The molecule has 9 heteroatoms. The van der Waals surface area contributed by atoms with Gasteiger partial charge in [0.15, 0.2) is 0 Å². The van der Waals surface area contributed by atoms with Crippen molar-refractivity contribution in [1.82, 2.24) is 10.4 Å². The van der Waals surface area contributed by atoms with Crippen LogP contribution in [0, 0.1) is 0 Å². The first-order chi connectivity index (χ1) is 13.6. The zero-order valence-corrected chi connectivity index (χ0v) is 16.6. The molecule has 2 amide bonds. The molecule has 0 unspecified atom stereocenters. The van der Waals surface area contributed by atoms with Crippen molar-refractivity contribution < 1.29 is 24.0 Å². The molecule has 2 aromatic carbocycles. The first-order valence-electron chi connectivity index (χ1n) is 8.37. The molecule has 0 saturated carbocycles. The number of carbonyl (C=O) groups is 3. The molecule has 1 N–H and O–H groups in total. The second kappa shape index (κ2) is 9.63. The Hall–Kier alpha value is -2.49. The van der Waals surface area contributed by atoms with Crippen LogP contribution in [-0.4, -0.2) is 40.7 Å². The van der Waals surface area contributed by atoms with Crippen molar-refractivity contribution in [3.05, 3.63) is 71.8 Å². The van der Waals surface area contributed by atoms with E-state index in [9.17, 15) is 14.4 Å². The number of methoxy groups -OCH3 is 1. The van der Waals surface area contributed by atoms with Crippen LogP contribution in [0.25, 0.3) is 0 Å². The van der Waals surface area contributed by atoms with Crippen LogP contribution in [0.15, 0.2) is 60.7 Å². The highest BCUT2D eigenvalue weighted by Gasteiger charge is 2.51. The van der Waals surface area contributed by atoms with Crippen LogP contribution in [0.4, 0.5) is 4.79 Å². The van der Waals surface area contributed by atoms with Gasteiger partial charge >= 0.3 is 5.30 Å². The van der Waals surface area contributed by atoms with Crippen LogP contribution in [0.3, 0.4) is 0 Å². The Balaban J connectivity index is 1.65. The van der Waals surface area contributed by atoms with Gasteiger partial charge in [-0.2, -0.15) is 0 Å². The van der Waals surface area contributed by atoms with Gasteiger partial charge in [-0.15, -0.1) is 0 Å². The molecule has 2 aromatic rings. The Morgan fingerprint density at radius 2 is 1.71 bits per heavy atom. The van der Waals surface area contributed by atoms with Crippen LogP contribution in [0.1, 0.15) is 15.9 Å². The van der Waals surface area contributed by atoms with Gasteiger partial charge in [-0.05, 0) is 17.7 Å². The van der Waals surface area contributed by atoms with Crippen molar-refractivity contribution in [2.75, 3.05) is 7.11 Å². The van der Waals surface area contributed by atoms with Crippen molar-refractivity contribution in [2.24, 2.45) is 0 Å². The third-order valence-corrected chi connectivity index (χ3v) is 6.26. The maximum Gasteiger partial charge on any atom is 0.377 e. The number of β-lactam (4-membered cyclic amide) rings is 1. The first-order valence-corrected chi connectivity index (χ1v) is 10.6. The van der Waals surface area contributed by atoms with E-state index >= 15 is 0 Å². The highest BCUT2D eigenvalue weighted by atomic mass is 33.1. The van der Waals surface area contributed by atoms with Crippen molar-refractivity contribution in [3.8, 4) is 0 Å². The zero-order chi connectivity index (χ0) is 19.9. The van der Waals surface area contributed by atoms with Crippen molar-refractivity contribution in [3.63, 3.8) is 0 Å². The second-order valence-corrected chi connectivity index (χ2v) is 8.02. The Morgan fingerprint density at radius 1 is 1.07 bits per heavy atom. The number of benzene rings is 2. The van der Waals surface area contributed by atoms with Crippen LogP contribution in [0.5, 0.6) is 0 Å². The molecule has 0 radical (unpaired) electrons. The standard InChI is InChI=1S/C19H18N2O5S2/c1-25-19(24)28-27-18-15(20-16(22)14-10-6-3-7-11-14)17(23)21(18)26-12-13-8-4-2-5-9-13/h2-11,15,18H,12H2,1H3,(H,20,22)/t15-,18+/m0/s1. The number of hydrogen-bond acceptors (Lipinski definition) is 7. The highest BCUT2D eigenvalue weighted by molar-refractivity contribution is 8.82. The monoisotopic (exact) mass is 418 g/mol. The maximum atomic E-state index is 12.5. The molecule has 28 heavy (non-hydrogen) atoms. The fourth-order valence-corrected chi connectivity index (χ4v) is 4.54. The minimum absolute atomic E-state index is 0.200. The Morgan fingerprint density at radius 3 is 2.36 bits per heavy atom. The molecular formula is C19H18N2O5S2. The van der Waals surface area contributed by atoms with Gasteiger partial charge in [0.05, 0.1) is 7.11 Å². The fourth-order valence-electron chi connectivity index (χ4n) is 2.46. The average Bonchev–Trinajstić information content (AvgIpc) is 2.75. The summed E-state index contributed by atoms with van der Waals surface area (Å²) < 4.78 is 4.62. The Bertz CT molecular complexity index is 835. The molecule has 0 aromatic heterocycles. The summed E-state index contributed by atoms with van der Waals surface area (Å²) in [6.07, 6.45) is 0. The van der Waals surface area contributed by atoms with Crippen molar-refractivity contribution in [1.29, 1.82) is 0 Å². The largest absolute Gasteiger partial charge is 0.460 e. The lowest BCUT2D eigenvalue weighted by Crippen LogP contribution is -2.68. The number of rotatable bonds is 7. The number of carbonyl (C=O) groups excluding carboxylic acids is 3. The SMILES string of the molecule is COC(=O)SS[C@@H]1[C@@H](NC(=O)c2ccccc2)C(=O)N1OCc1ccccc1. The third-order valence-electron chi connectivity index (χ3n) is 3.92. The van der Waals surface area contributed by atoms with E-state index in [0.717, 1.165) is 27.2 Å². The predicted octanol–water partition coefficient (Wildman–Crippen LogP) is 3.23. The molecule has 146 valence electrons. The number of amides is 2. The molecule has 0 bridgehead atoms. The van der Waals surface area contributed by atoms with E-state index in [-0.39, 0.29) is 18.4 Å². The predicted molar refractivity (Wildman–Crippen MR) is 107 cm³/mol. The van der Waals surface area contributed by atoms with Crippen LogP contribution >= 0.6 is 21.6 Å². The van der Waals surface area contributed by atoms with E-state index in [0.29, 0.717) is 5.56 Å². The molecule has 7 nitrogen and oxygen atoms in total. The third kappa shape index (κ3) is 4.86. The first kappa shape index (κ1) is 20.2. The van der Waals surface area contributed by atoms with Gasteiger partial charge in [0.1, 0.15) is 18.0 Å². The minimum Gasteiger partial charge on any atom is -0.460 e. The molecule has 3 rings (SSSR count). The lowest BCUT2D eigenvalue weighted by atomic mass is 10.1. The zero-order valence-electron chi connectivity index (χ0n) is 14.9. The topological polar surface area (TPSA) is 84.9 Å². The van der Waals surface area contributed by atoms with Gasteiger partial charge < -0.3 is 10.1 Å². The van der Waals surface area contributed by atoms with E-state index in [4.69, 9.17) is 4.84 Å². The summed E-state index contributed by atoms with van der Waals surface area (Å²) in [7, 11) is 3.22. The quantitative estimate of drug-likeness (QED) is 0.420. The van der Waals surface area contributed by atoms with Gasteiger partial charge in [-0.3, -0.25) is 14.4 Å².